The van der Waals surface area contributed by atoms with E-state index in [-0.39, 0.29) is 0 Å². The maximum absolute atomic E-state index is 10.3. The van der Waals surface area contributed by atoms with E-state index >= 15 is 0 Å². The summed E-state index contributed by atoms with van der Waals surface area (Å²) in [6, 6.07) is 0. The van der Waals surface area contributed by atoms with E-state index in [0.717, 1.165) is 0 Å². The highest BCUT2D eigenvalue weighted by molar-refractivity contribution is 5.91. The van der Waals surface area contributed by atoms with Crippen LogP contribution in [-0.4, -0.2) is 11.9 Å². The minimum Gasteiger partial charge on any atom is -0.390 e. The molecule has 0 saturated carbocycles. The molecule has 3 heteroatoms. The van der Waals surface area contributed by atoms with Crippen molar-refractivity contribution in [1.82, 2.24) is 0 Å². The fraction of sp³-hybridized carbons (Fsp3) is 0.333. The lowest BCUT2D eigenvalue weighted by Crippen LogP contribution is -2.04. The molecule has 0 amide bonds. The van der Waals surface area contributed by atoms with Crippen LogP contribution >= 0.6 is 0 Å². The van der Waals surface area contributed by atoms with E-state index in [0.29, 0.717) is 0 Å². The van der Waals surface area contributed by atoms with Crippen molar-refractivity contribution >= 4 is 11.9 Å². The molecule has 50 valence electrons. The Hall–Kier alpha value is -1.12. The molecule has 0 bridgehead atoms. The average molecular weight is 128 g/mol. The van der Waals surface area contributed by atoms with Gasteiger partial charge in [0.25, 0.3) is 0 Å². The third-order valence-corrected chi connectivity index (χ3v) is 0.547. The third-order valence-electron chi connectivity index (χ3n) is 0.547. The summed E-state index contributed by atoms with van der Waals surface area (Å²) in [5.41, 5.74) is 0. The van der Waals surface area contributed by atoms with E-state index in [1.807, 2.05) is 0 Å². The van der Waals surface area contributed by atoms with Crippen LogP contribution < -0.4 is 0 Å². The largest absolute Gasteiger partial charge is 0.390 e. The summed E-state index contributed by atoms with van der Waals surface area (Å²) in [4.78, 5) is 20.4. The molecule has 0 aliphatic heterocycles. The summed E-state index contributed by atoms with van der Waals surface area (Å²) in [6.45, 7) is 2.85. The summed E-state index contributed by atoms with van der Waals surface area (Å²) < 4.78 is 4.13. The van der Waals surface area contributed by atoms with Gasteiger partial charge in [-0.3, -0.25) is 4.79 Å². The number of hydrogen-bond acceptors (Lipinski definition) is 3. The second-order valence-corrected chi connectivity index (χ2v) is 1.41. The SMILES string of the molecule is CC=CC(=O)OC(C)=O. The molecule has 0 spiro atoms. The van der Waals surface area contributed by atoms with E-state index in [2.05, 4.69) is 4.74 Å². The van der Waals surface area contributed by atoms with Gasteiger partial charge in [-0.15, -0.1) is 0 Å². The number of rotatable bonds is 1. The molecule has 9 heavy (non-hydrogen) atoms. The highest BCUT2D eigenvalue weighted by Gasteiger charge is 1.97. The fourth-order valence-electron chi connectivity index (χ4n) is 0.312. The number of allylic oxidation sites excluding steroid dienone is 1. The lowest BCUT2D eigenvalue weighted by Gasteiger charge is -1.90. The Kier molecular flexibility index (Phi) is 3.35. The first-order valence-electron chi connectivity index (χ1n) is 2.52. The number of ether oxygens (including phenoxy) is 1. The van der Waals surface area contributed by atoms with Gasteiger partial charge in [0.2, 0.25) is 0 Å². The normalized spacial score (nSPS) is 9.56. The van der Waals surface area contributed by atoms with Crippen molar-refractivity contribution in [3.63, 3.8) is 0 Å². The Morgan fingerprint density at radius 2 is 2.00 bits per heavy atom. The second-order valence-electron chi connectivity index (χ2n) is 1.41. The van der Waals surface area contributed by atoms with Gasteiger partial charge >= 0.3 is 11.9 Å². The Labute approximate surface area is 53.3 Å². The van der Waals surface area contributed by atoms with E-state index in [9.17, 15) is 9.59 Å². The minimum absolute atomic E-state index is 0.585. The molecule has 0 heterocycles. The molecule has 0 saturated heterocycles. The van der Waals surface area contributed by atoms with Crippen molar-refractivity contribution in [2.75, 3.05) is 0 Å². The maximum atomic E-state index is 10.3. The molecule has 0 aliphatic carbocycles. The van der Waals surface area contributed by atoms with Crippen molar-refractivity contribution < 1.29 is 14.3 Å². The Balaban J connectivity index is 3.64. The number of carbonyl (C=O) groups excluding carboxylic acids is 2. The summed E-state index contributed by atoms with van der Waals surface area (Å²) >= 11 is 0. The monoisotopic (exact) mass is 128 g/mol. The maximum Gasteiger partial charge on any atom is 0.338 e. The first kappa shape index (κ1) is 7.88. The lowest BCUT2D eigenvalue weighted by atomic mass is 10.5. The predicted molar refractivity (Wildman–Crippen MR) is 31.6 cm³/mol. The molecule has 0 unspecified atom stereocenters. The number of carbonyl (C=O) groups is 2. The zero-order valence-electron chi connectivity index (χ0n) is 5.38. The van der Waals surface area contributed by atoms with Gasteiger partial charge in [-0.05, 0) is 6.92 Å². The Morgan fingerprint density at radius 1 is 1.44 bits per heavy atom. The van der Waals surface area contributed by atoms with Gasteiger partial charge in [-0.2, -0.15) is 0 Å². The average Bonchev–Trinajstić information content (AvgIpc) is 1.63. The molecular formula is C6H8O3. The molecule has 0 aromatic carbocycles. The van der Waals surface area contributed by atoms with E-state index in [4.69, 9.17) is 0 Å². The summed E-state index contributed by atoms with van der Waals surface area (Å²) in [5.74, 6) is -1.21. The minimum atomic E-state index is -0.620. The molecule has 0 N–H and O–H groups in total. The van der Waals surface area contributed by atoms with Gasteiger partial charge in [0.1, 0.15) is 0 Å². The first-order valence-corrected chi connectivity index (χ1v) is 2.52. The van der Waals surface area contributed by atoms with Crippen molar-refractivity contribution in [2.45, 2.75) is 13.8 Å². The van der Waals surface area contributed by atoms with Crippen LogP contribution in [0, 0.1) is 0 Å². The Bertz CT molecular complexity index is 146. The van der Waals surface area contributed by atoms with Gasteiger partial charge in [0, 0.05) is 13.0 Å². The number of hydrogen-bond donors (Lipinski definition) is 0. The fourth-order valence-corrected chi connectivity index (χ4v) is 0.312. The summed E-state index contributed by atoms with van der Waals surface area (Å²) in [7, 11) is 0. The molecule has 0 aromatic heterocycles. The highest BCUT2D eigenvalue weighted by Crippen LogP contribution is 1.80. The van der Waals surface area contributed by atoms with Crippen LogP contribution in [0.3, 0.4) is 0 Å². The van der Waals surface area contributed by atoms with E-state index < -0.39 is 11.9 Å². The van der Waals surface area contributed by atoms with Crippen LogP contribution in [0.5, 0.6) is 0 Å². The van der Waals surface area contributed by atoms with Crippen LogP contribution in [0.1, 0.15) is 13.8 Å². The summed E-state index contributed by atoms with van der Waals surface area (Å²) in [6.07, 6.45) is 2.69. The standard InChI is InChI=1S/C6H8O3/c1-3-4-6(8)9-5(2)7/h3-4H,1-2H3. The molecule has 0 fully saturated rings. The zero-order valence-corrected chi connectivity index (χ0v) is 5.38. The Morgan fingerprint density at radius 3 is 2.33 bits per heavy atom. The highest BCUT2D eigenvalue weighted by atomic mass is 16.6. The quantitative estimate of drug-likeness (QED) is 0.296. The van der Waals surface area contributed by atoms with Gasteiger partial charge in [-0.25, -0.2) is 4.79 Å². The molecule has 3 nitrogen and oxygen atoms in total. The summed E-state index contributed by atoms with van der Waals surface area (Å²) in [5, 5.41) is 0. The molecule has 0 aliphatic rings. The second kappa shape index (κ2) is 3.83. The van der Waals surface area contributed by atoms with Crippen LogP contribution in [0.4, 0.5) is 0 Å². The number of esters is 2. The zero-order chi connectivity index (χ0) is 7.28. The topological polar surface area (TPSA) is 43.4 Å². The van der Waals surface area contributed by atoms with Crippen LogP contribution in [0.15, 0.2) is 12.2 Å². The molecular weight excluding hydrogens is 120 g/mol. The smallest absolute Gasteiger partial charge is 0.338 e. The first-order chi connectivity index (χ1) is 4.16. The lowest BCUT2D eigenvalue weighted by molar-refractivity contribution is -0.154. The van der Waals surface area contributed by atoms with Crippen molar-refractivity contribution in [3.8, 4) is 0 Å². The van der Waals surface area contributed by atoms with E-state index in [1.165, 1.54) is 19.1 Å². The van der Waals surface area contributed by atoms with Crippen molar-refractivity contribution in [1.29, 1.82) is 0 Å². The van der Waals surface area contributed by atoms with Gasteiger partial charge in [-0.1, -0.05) is 6.08 Å². The molecule has 0 radical (unpaired) electrons. The van der Waals surface area contributed by atoms with Crippen molar-refractivity contribution in [3.05, 3.63) is 12.2 Å². The van der Waals surface area contributed by atoms with Gasteiger partial charge in [0.15, 0.2) is 0 Å². The van der Waals surface area contributed by atoms with Crippen LogP contribution in [0.25, 0.3) is 0 Å². The molecule has 0 aromatic rings. The molecule has 0 atom stereocenters. The van der Waals surface area contributed by atoms with Gasteiger partial charge in [0.05, 0.1) is 0 Å². The van der Waals surface area contributed by atoms with Crippen LogP contribution in [0.2, 0.25) is 0 Å². The van der Waals surface area contributed by atoms with Crippen molar-refractivity contribution in [2.24, 2.45) is 0 Å². The van der Waals surface area contributed by atoms with Gasteiger partial charge < -0.3 is 4.74 Å². The van der Waals surface area contributed by atoms with E-state index in [1.54, 1.807) is 6.92 Å². The molecule has 0 rings (SSSR count). The third kappa shape index (κ3) is 4.74. The predicted octanol–water partition coefficient (Wildman–Crippen LogP) is 0.652. The van der Waals surface area contributed by atoms with Crippen LogP contribution in [-0.2, 0) is 14.3 Å².